The van der Waals surface area contributed by atoms with Gasteiger partial charge in [-0.15, -0.1) is 0 Å². The van der Waals surface area contributed by atoms with Gasteiger partial charge in [-0.25, -0.2) is 4.57 Å². The summed E-state index contributed by atoms with van der Waals surface area (Å²) in [7, 11) is -7.89. The van der Waals surface area contributed by atoms with Crippen LogP contribution in [0.25, 0.3) is 0 Å². The van der Waals surface area contributed by atoms with E-state index < -0.39 is 18.2 Å². The molecule has 10 heteroatoms. The van der Waals surface area contributed by atoms with E-state index in [4.69, 9.17) is 31.1 Å². The maximum Gasteiger partial charge on any atom is 0.474 e. The second-order valence-corrected chi connectivity index (χ2v) is 4.71. The summed E-state index contributed by atoms with van der Waals surface area (Å²) in [5, 5.41) is 0. The Bertz CT molecular complexity index is 268. The molecule has 0 rings (SSSR count). The van der Waals surface area contributed by atoms with Crippen molar-refractivity contribution < 1.29 is 35.7 Å². The zero-order chi connectivity index (χ0) is 13.2. The van der Waals surface area contributed by atoms with Gasteiger partial charge < -0.3 is 0 Å². The molecule has 0 radical (unpaired) electrons. The number of rotatable bonds is 6. The Morgan fingerprint density at radius 2 is 1.12 bits per heavy atom. The van der Waals surface area contributed by atoms with Crippen molar-refractivity contribution in [2.45, 2.75) is 20.8 Å². The molecule has 0 unspecified atom stereocenters. The Balaban J connectivity index is 0. The molecule has 0 heterocycles. The Kier molecular flexibility index (Phi) is 10.4. The fourth-order valence-electron chi connectivity index (χ4n) is 0.586. The number of hydrogen-bond donors (Lipinski definition) is 2. The van der Waals surface area contributed by atoms with E-state index >= 15 is 0 Å². The molecule has 0 atom stereocenters. The minimum atomic E-state index is -4.67. The lowest BCUT2D eigenvalue weighted by Gasteiger charge is -2.14. The number of hydrogen-bond acceptors (Lipinski definition) is 6. The summed E-state index contributed by atoms with van der Waals surface area (Å²) >= 11 is 0. The van der Waals surface area contributed by atoms with Crippen LogP contribution >= 0.6 is 7.82 Å². The summed E-state index contributed by atoms with van der Waals surface area (Å²) in [6.45, 7) is 6.21. The Hall–Kier alpha value is -0.0200. The second-order valence-electron chi connectivity index (χ2n) is 2.15. The first-order valence-electron chi connectivity index (χ1n) is 4.42. The van der Waals surface area contributed by atoms with Crippen LogP contribution < -0.4 is 0 Å². The fraction of sp³-hybridized carbons (Fsp3) is 1.00. The largest absolute Gasteiger partial charge is 0.474 e. The standard InChI is InChI=1S/C6H15O4P.H2O4S/c1-4-8-11(7,9-5-2)10-6-3;1-5(2,3)4/h4-6H2,1-3H3;(H2,1,2,3,4). The molecule has 100 valence electrons. The molecule has 16 heavy (non-hydrogen) atoms. The lowest BCUT2D eigenvalue weighted by Crippen LogP contribution is -1.99. The average Bonchev–Trinajstić information content (AvgIpc) is 2.01. The van der Waals surface area contributed by atoms with Gasteiger partial charge in [0.15, 0.2) is 0 Å². The highest BCUT2D eigenvalue weighted by molar-refractivity contribution is 7.79. The third-order valence-electron chi connectivity index (χ3n) is 0.862. The number of phosphoric acid groups is 1. The summed E-state index contributed by atoms with van der Waals surface area (Å²) in [5.74, 6) is 0. The van der Waals surface area contributed by atoms with Crippen molar-refractivity contribution in [2.75, 3.05) is 19.8 Å². The summed E-state index contributed by atoms with van der Waals surface area (Å²) in [6, 6.07) is 0. The third-order valence-corrected chi connectivity index (χ3v) is 2.58. The molecule has 0 aromatic carbocycles. The van der Waals surface area contributed by atoms with Gasteiger partial charge in [0.2, 0.25) is 0 Å². The van der Waals surface area contributed by atoms with Crippen LogP contribution in [0.1, 0.15) is 20.8 Å². The van der Waals surface area contributed by atoms with Gasteiger partial charge in [0.25, 0.3) is 0 Å². The first-order valence-corrected chi connectivity index (χ1v) is 7.27. The summed E-state index contributed by atoms with van der Waals surface area (Å²) in [5.41, 5.74) is 0. The van der Waals surface area contributed by atoms with Crippen LogP contribution in [0, 0.1) is 0 Å². The van der Waals surface area contributed by atoms with Crippen LogP contribution in [-0.4, -0.2) is 37.3 Å². The van der Waals surface area contributed by atoms with Crippen molar-refractivity contribution in [1.29, 1.82) is 0 Å². The summed E-state index contributed by atoms with van der Waals surface area (Å²) in [4.78, 5) is 0. The first-order chi connectivity index (χ1) is 7.18. The lowest BCUT2D eigenvalue weighted by molar-refractivity contribution is 0.126. The SMILES string of the molecule is CCOP(=O)(OCC)OCC.O=S(=O)(O)O. The molecule has 0 aliphatic carbocycles. The topological polar surface area (TPSA) is 119 Å². The van der Waals surface area contributed by atoms with Gasteiger partial charge in [-0.05, 0) is 20.8 Å². The van der Waals surface area contributed by atoms with Crippen molar-refractivity contribution in [3.8, 4) is 0 Å². The van der Waals surface area contributed by atoms with Gasteiger partial charge >= 0.3 is 18.2 Å². The Morgan fingerprint density at radius 3 is 1.25 bits per heavy atom. The molecule has 0 aromatic rings. The van der Waals surface area contributed by atoms with Crippen LogP contribution in [0.5, 0.6) is 0 Å². The smallest absolute Gasteiger partial charge is 0.287 e. The van der Waals surface area contributed by atoms with Crippen molar-refractivity contribution in [1.82, 2.24) is 0 Å². The molecule has 0 aliphatic heterocycles. The summed E-state index contributed by atoms with van der Waals surface area (Å²) in [6.07, 6.45) is 0. The van der Waals surface area contributed by atoms with Gasteiger partial charge in [0.1, 0.15) is 0 Å². The quantitative estimate of drug-likeness (QED) is 0.555. The molecule has 0 spiro atoms. The van der Waals surface area contributed by atoms with Crippen molar-refractivity contribution in [3.05, 3.63) is 0 Å². The van der Waals surface area contributed by atoms with E-state index in [2.05, 4.69) is 0 Å². The molecule has 0 aromatic heterocycles. The van der Waals surface area contributed by atoms with Gasteiger partial charge in [-0.1, -0.05) is 0 Å². The van der Waals surface area contributed by atoms with E-state index in [0.29, 0.717) is 19.8 Å². The van der Waals surface area contributed by atoms with E-state index in [1.165, 1.54) is 0 Å². The van der Waals surface area contributed by atoms with Crippen LogP contribution in [0.2, 0.25) is 0 Å². The van der Waals surface area contributed by atoms with Gasteiger partial charge in [-0.2, -0.15) is 8.42 Å². The Morgan fingerprint density at radius 1 is 0.938 bits per heavy atom. The zero-order valence-electron chi connectivity index (χ0n) is 9.32. The number of phosphoric ester groups is 1. The minimum absolute atomic E-state index is 0.331. The maximum atomic E-state index is 11.3. The highest BCUT2D eigenvalue weighted by Crippen LogP contribution is 2.48. The van der Waals surface area contributed by atoms with Crippen LogP contribution in [-0.2, 0) is 28.5 Å². The molecule has 0 fully saturated rings. The molecule has 8 nitrogen and oxygen atoms in total. The fourth-order valence-corrected chi connectivity index (χ4v) is 1.76. The molecular weight excluding hydrogens is 263 g/mol. The molecule has 0 bridgehead atoms. The maximum absolute atomic E-state index is 11.3. The Labute approximate surface area is 95.1 Å². The predicted octanol–water partition coefficient (Wildman–Crippen LogP) is 1.55. The van der Waals surface area contributed by atoms with E-state index in [1.807, 2.05) is 0 Å². The van der Waals surface area contributed by atoms with Crippen LogP contribution in [0.4, 0.5) is 0 Å². The highest BCUT2D eigenvalue weighted by atomic mass is 32.3. The van der Waals surface area contributed by atoms with E-state index in [-0.39, 0.29) is 0 Å². The second kappa shape index (κ2) is 9.06. The van der Waals surface area contributed by atoms with E-state index in [9.17, 15) is 4.57 Å². The molecule has 0 amide bonds. The van der Waals surface area contributed by atoms with Crippen molar-refractivity contribution >= 4 is 18.2 Å². The van der Waals surface area contributed by atoms with Crippen LogP contribution in [0.3, 0.4) is 0 Å². The molecule has 0 aliphatic rings. The van der Waals surface area contributed by atoms with Crippen LogP contribution in [0.15, 0.2) is 0 Å². The average molecular weight is 280 g/mol. The zero-order valence-corrected chi connectivity index (χ0v) is 11.0. The molecule has 2 N–H and O–H groups in total. The molecule has 0 saturated heterocycles. The monoisotopic (exact) mass is 280 g/mol. The first kappa shape index (κ1) is 18.3. The highest BCUT2D eigenvalue weighted by Gasteiger charge is 2.23. The summed E-state index contributed by atoms with van der Waals surface area (Å²) < 4.78 is 57.4. The normalized spacial score (nSPS) is 11.8. The molecular formula is C6H17O8PS. The van der Waals surface area contributed by atoms with E-state index in [0.717, 1.165) is 0 Å². The van der Waals surface area contributed by atoms with E-state index in [1.54, 1.807) is 20.8 Å². The predicted molar refractivity (Wildman–Crippen MR) is 56.7 cm³/mol. The van der Waals surface area contributed by atoms with Gasteiger partial charge in [0.05, 0.1) is 19.8 Å². The van der Waals surface area contributed by atoms with Gasteiger partial charge in [0, 0.05) is 0 Å². The molecule has 0 saturated carbocycles. The lowest BCUT2D eigenvalue weighted by atomic mass is 10.9. The van der Waals surface area contributed by atoms with Crippen molar-refractivity contribution in [3.63, 3.8) is 0 Å². The third kappa shape index (κ3) is 16.4. The minimum Gasteiger partial charge on any atom is -0.287 e. The van der Waals surface area contributed by atoms with Crippen molar-refractivity contribution in [2.24, 2.45) is 0 Å². The van der Waals surface area contributed by atoms with Gasteiger partial charge in [-0.3, -0.25) is 22.7 Å².